The lowest BCUT2D eigenvalue weighted by Crippen LogP contribution is -2.38. The average molecular weight is 484 g/mol. The first-order valence-electron chi connectivity index (χ1n) is 8.72. The number of halogens is 4. The van der Waals surface area contributed by atoms with E-state index in [4.69, 9.17) is 0 Å². The zero-order valence-corrected chi connectivity index (χ0v) is 17.6. The quantitative estimate of drug-likeness (QED) is 0.375. The number of nitrogens with one attached hydrogen (secondary N) is 2. The molecular formula is C18H28F3IN4. The molecule has 0 amide bonds. The Kier molecular flexibility index (Phi) is 9.52. The Morgan fingerprint density at radius 3 is 2.31 bits per heavy atom. The van der Waals surface area contributed by atoms with Gasteiger partial charge in [-0.3, -0.25) is 4.99 Å². The van der Waals surface area contributed by atoms with Gasteiger partial charge in [0.2, 0.25) is 0 Å². The van der Waals surface area contributed by atoms with E-state index in [9.17, 15) is 13.2 Å². The van der Waals surface area contributed by atoms with Crippen LogP contribution in [0.25, 0.3) is 0 Å². The van der Waals surface area contributed by atoms with E-state index in [1.54, 1.807) is 7.05 Å². The Morgan fingerprint density at radius 1 is 1.15 bits per heavy atom. The number of alkyl halides is 3. The second kappa shape index (κ2) is 10.8. The number of hydrogen-bond donors (Lipinski definition) is 2. The Morgan fingerprint density at radius 2 is 1.77 bits per heavy atom. The van der Waals surface area contributed by atoms with Gasteiger partial charge in [-0.25, -0.2) is 0 Å². The predicted octanol–water partition coefficient (Wildman–Crippen LogP) is 4.16. The maximum atomic E-state index is 12.2. The summed E-state index contributed by atoms with van der Waals surface area (Å²) >= 11 is 0. The smallest absolute Gasteiger partial charge is 0.372 e. The van der Waals surface area contributed by atoms with Gasteiger partial charge in [-0.05, 0) is 36.5 Å². The highest BCUT2D eigenvalue weighted by Crippen LogP contribution is 2.23. The summed E-state index contributed by atoms with van der Waals surface area (Å²) in [5.41, 5.74) is 2.29. The lowest BCUT2D eigenvalue weighted by atomic mass is 9.99. The van der Waals surface area contributed by atoms with E-state index in [0.717, 1.165) is 24.6 Å². The summed E-state index contributed by atoms with van der Waals surface area (Å²) in [7, 11) is 1.55. The molecule has 1 heterocycles. The summed E-state index contributed by atoms with van der Waals surface area (Å²) in [5.74, 6) is 1.18. The molecule has 0 aliphatic carbocycles. The monoisotopic (exact) mass is 484 g/mol. The molecule has 0 spiro atoms. The third-order valence-corrected chi connectivity index (χ3v) is 4.47. The number of benzene rings is 1. The van der Waals surface area contributed by atoms with Gasteiger partial charge in [-0.1, -0.05) is 19.1 Å². The molecule has 0 atom stereocenters. The normalized spacial score (nSPS) is 16.2. The lowest BCUT2D eigenvalue weighted by Gasteiger charge is -2.32. The van der Waals surface area contributed by atoms with Crippen LogP contribution in [0.2, 0.25) is 0 Å². The number of aliphatic imine (C=N–C) groups is 1. The van der Waals surface area contributed by atoms with Gasteiger partial charge in [0.1, 0.15) is 0 Å². The highest BCUT2D eigenvalue weighted by molar-refractivity contribution is 14.0. The van der Waals surface area contributed by atoms with Gasteiger partial charge in [-0.15, -0.1) is 24.0 Å². The summed E-state index contributed by atoms with van der Waals surface area (Å²) in [4.78, 5) is 6.34. The molecule has 1 aromatic rings. The van der Waals surface area contributed by atoms with Crippen molar-refractivity contribution < 1.29 is 13.2 Å². The summed E-state index contributed by atoms with van der Waals surface area (Å²) in [6.07, 6.45) is -2.59. The third-order valence-electron chi connectivity index (χ3n) is 4.47. The number of guanidine groups is 1. The first-order valence-corrected chi connectivity index (χ1v) is 8.72. The molecule has 2 N–H and O–H groups in total. The van der Waals surface area contributed by atoms with Gasteiger partial charge in [0.15, 0.2) is 5.96 Å². The molecule has 1 aliphatic rings. The van der Waals surface area contributed by atoms with Crippen molar-refractivity contribution in [1.29, 1.82) is 0 Å². The molecule has 1 aromatic carbocycles. The molecular weight excluding hydrogens is 456 g/mol. The van der Waals surface area contributed by atoms with E-state index in [2.05, 4.69) is 39.6 Å². The van der Waals surface area contributed by atoms with Gasteiger partial charge >= 0.3 is 6.18 Å². The van der Waals surface area contributed by atoms with Crippen molar-refractivity contribution in [2.45, 2.75) is 38.9 Å². The van der Waals surface area contributed by atoms with Crippen molar-refractivity contribution in [2.24, 2.45) is 10.9 Å². The van der Waals surface area contributed by atoms with Crippen LogP contribution >= 0.6 is 24.0 Å². The molecule has 4 nitrogen and oxygen atoms in total. The fourth-order valence-corrected chi connectivity index (χ4v) is 2.82. The van der Waals surface area contributed by atoms with Crippen molar-refractivity contribution in [3.8, 4) is 0 Å². The fourth-order valence-electron chi connectivity index (χ4n) is 2.82. The second-order valence-electron chi connectivity index (χ2n) is 6.55. The van der Waals surface area contributed by atoms with Crippen LogP contribution in [0.3, 0.4) is 0 Å². The van der Waals surface area contributed by atoms with Crippen LogP contribution in [0, 0.1) is 5.92 Å². The van der Waals surface area contributed by atoms with E-state index in [0.29, 0.717) is 12.5 Å². The minimum absolute atomic E-state index is 0. The van der Waals surface area contributed by atoms with E-state index in [-0.39, 0.29) is 30.5 Å². The molecule has 0 bridgehead atoms. The van der Waals surface area contributed by atoms with Crippen LogP contribution in [0.1, 0.15) is 31.7 Å². The van der Waals surface area contributed by atoms with Crippen LogP contribution in [0.15, 0.2) is 29.3 Å². The van der Waals surface area contributed by atoms with Crippen molar-refractivity contribution in [3.63, 3.8) is 0 Å². The van der Waals surface area contributed by atoms with E-state index in [1.165, 1.54) is 18.5 Å². The maximum absolute atomic E-state index is 12.2. The minimum Gasteiger partial charge on any atom is -0.372 e. The standard InChI is InChI=1S/C18H27F3N4.HI/c1-14-7-11-25(12-8-14)16-5-3-15(4-6-16)13-24-17(22-2)23-10-9-18(19,20)21;/h3-6,14H,7-13H2,1-2H3,(H2,22,23,24);1H. The largest absolute Gasteiger partial charge is 0.390 e. The summed E-state index contributed by atoms with van der Waals surface area (Å²) in [6.45, 7) is 4.81. The molecule has 26 heavy (non-hydrogen) atoms. The zero-order chi connectivity index (χ0) is 18.3. The van der Waals surface area contributed by atoms with E-state index >= 15 is 0 Å². The number of hydrogen-bond acceptors (Lipinski definition) is 2. The summed E-state index contributed by atoms with van der Waals surface area (Å²) in [5, 5.41) is 5.71. The zero-order valence-electron chi connectivity index (χ0n) is 15.3. The van der Waals surface area contributed by atoms with Gasteiger partial charge in [-0.2, -0.15) is 13.2 Å². The molecule has 2 rings (SSSR count). The SMILES string of the molecule is CN=C(NCCC(F)(F)F)NCc1ccc(N2CCC(C)CC2)cc1.I. The van der Waals surface area contributed by atoms with Crippen LogP contribution in [0.4, 0.5) is 18.9 Å². The number of piperidine rings is 1. The van der Waals surface area contributed by atoms with Crippen molar-refractivity contribution >= 4 is 35.6 Å². The Bertz CT molecular complexity index is 553. The summed E-state index contributed by atoms with van der Waals surface area (Å²) < 4.78 is 36.5. The molecule has 148 valence electrons. The topological polar surface area (TPSA) is 39.7 Å². The molecule has 0 unspecified atom stereocenters. The van der Waals surface area contributed by atoms with Crippen LogP contribution < -0.4 is 15.5 Å². The van der Waals surface area contributed by atoms with Gasteiger partial charge in [0.25, 0.3) is 0 Å². The predicted molar refractivity (Wildman–Crippen MR) is 111 cm³/mol. The third kappa shape index (κ3) is 8.01. The Labute approximate surface area is 170 Å². The van der Waals surface area contributed by atoms with Crippen molar-refractivity contribution in [1.82, 2.24) is 10.6 Å². The minimum atomic E-state index is -4.16. The van der Waals surface area contributed by atoms with Crippen LogP contribution in [-0.2, 0) is 6.54 Å². The molecule has 0 aromatic heterocycles. The lowest BCUT2D eigenvalue weighted by molar-refractivity contribution is -0.132. The summed E-state index contributed by atoms with van der Waals surface area (Å²) in [6, 6.07) is 8.30. The number of rotatable bonds is 5. The van der Waals surface area contributed by atoms with Gasteiger partial charge in [0.05, 0.1) is 6.42 Å². The van der Waals surface area contributed by atoms with Gasteiger partial charge in [0, 0.05) is 38.9 Å². The van der Waals surface area contributed by atoms with E-state index < -0.39 is 12.6 Å². The number of nitrogens with zero attached hydrogens (tertiary/aromatic N) is 2. The van der Waals surface area contributed by atoms with Gasteiger partial charge < -0.3 is 15.5 Å². The Balaban J connectivity index is 0.00000338. The molecule has 1 saturated heterocycles. The average Bonchev–Trinajstić information content (AvgIpc) is 2.58. The maximum Gasteiger partial charge on any atom is 0.390 e. The first-order chi connectivity index (χ1) is 11.9. The molecule has 8 heteroatoms. The second-order valence-corrected chi connectivity index (χ2v) is 6.55. The first kappa shape index (κ1) is 22.9. The molecule has 0 radical (unpaired) electrons. The van der Waals surface area contributed by atoms with Crippen molar-refractivity contribution in [2.75, 3.05) is 31.6 Å². The highest BCUT2D eigenvalue weighted by atomic mass is 127. The van der Waals surface area contributed by atoms with E-state index in [1.807, 2.05) is 12.1 Å². The van der Waals surface area contributed by atoms with Crippen LogP contribution in [0.5, 0.6) is 0 Å². The Hall–Kier alpha value is -1.19. The van der Waals surface area contributed by atoms with Crippen molar-refractivity contribution in [3.05, 3.63) is 29.8 Å². The van der Waals surface area contributed by atoms with Crippen LogP contribution in [-0.4, -0.2) is 38.8 Å². The molecule has 1 fully saturated rings. The molecule has 1 aliphatic heterocycles. The fraction of sp³-hybridized carbons (Fsp3) is 0.611. The number of anilines is 1. The highest BCUT2D eigenvalue weighted by Gasteiger charge is 2.26. The molecule has 0 saturated carbocycles.